The number of carbonyl (C=O) groups excluding carboxylic acids is 4. The summed E-state index contributed by atoms with van der Waals surface area (Å²) in [4.78, 5) is 56.8. The Morgan fingerprint density at radius 2 is 0.857 bits per heavy atom. The number of unbranched alkanes of at least 4 members (excludes halogenated alkanes) is 9. The number of hydrogen-bond acceptors (Lipinski definition) is 7. The van der Waals surface area contributed by atoms with Crippen LogP contribution in [0.1, 0.15) is 159 Å². The predicted octanol–water partition coefficient (Wildman–Crippen LogP) is 8.22. The van der Waals surface area contributed by atoms with Crippen molar-refractivity contribution in [2.24, 2.45) is 26.8 Å². The van der Waals surface area contributed by atoms with Gasteiger partial charge in [0.05, 0.1) is 18.6 Å². The third-order valence-electron chi connectivity index (χ3n) is 11.3. The van der Waals surface area contributed by atoms with E-state index in [4.69, 9.17) is 11.5 Å². The topological polar surface area (TPSA) is 219 Å². The van der Waals surface area contributed by atoms with Crippen molar-refractivity contribution in [3.63, 3.8) is 0 Å². The van der Waals surface area contributed by atoms with Crippen molar-refractivity contribution in [3.05, 3.63) is 124 Å². The second kappa shape index (κ2) is 36.1. The van der Waals surface area contributed by atoms with Crippen LogP contribution in [0.5, 0.6) is 0 Å². The Morgan fingerprint density at radius 3 is 1.23 bits per heavy atom. The number of benzene rings is 3. The third-order valence-corrected chi connectivity index (χ3v) is 11.3. The van der Waals surface area contributed by atoms with Crippen LogP contribution in [0.15, 0.2) is 123 Å². The number of hydrazone groups is 3. The molecular weight excluding hydrogens is 877 g/mol. The molecule has 14 heteroatoms. The number of hydrogen-bond donors (Lipinski definition) is 7. The van der Waals surface area contributed by atoms with Crippen LogP contribution in [-0.2, 0) is 19.2 Å². The molecule has 0 unspecified atom stereocenters. The Kier molecular flexibility index (Phi) is 29.6. The predicted molar refractivity (Wildman–Crippen MR) is 288 cm³/mol. The minimum absolute atomic E-state index is 0.0422. The SMILES string of the molecule is CCCCCCC(=C/c1ccccc1)/C=N/NC(=O)CC[C@H](NC(=O)[C@H](CCC(=O)N/N=C/C(=C\c1ccccc1)CCCCCC)[NH+]=C(N)N)C(=O)N/N=C/C(=C\c1ccccc1)CCCCCC. The fraction of sp³-hybridized carbons (Fsp3) is 0.429. The Hall–Kier alpha value is -6.96. The number of nitrogens with zero attached hydrogens (tertiary/aromatic N) is 3. The molecule has 0 saturated carbocycles. The molecule has 3 rings (SSSR count). The average molecular weight is 956 g/mol. The van der Waals surface area contributed by atoms with Crippen LogP contribution < -0.4 is 38.1 Å². The standard InChI is InChI=1S/C56H78N10O4/c1-4-7-10-16-31-47(38-44-25-19-13-20-26-44)41-59-64-52(67)36-34-50(63-56(57)58)54(69)62-51(55(70)66-61-43-49(33-18-12-9-6-3)40-46-29-23-15-24-30-46)35-37-53(68)65-60-42-48(32-17-11-8-5-2)39-45-27-21-14-22-28-45/h13-15,19-30,38-43,50-51H,4-12,16-18,31-37H2,1-3H3,(H,62,69)(H,64,67)(H,65,68)(H,66,70)(H4,57,58,63)/p+1/b47-38-,48-39-,49-40-,59-41+,60-42+,61-43+/t50-,51-/m0/s1. The first-order chi connectivity index (χ1) is 34.1. The van der Waals surface area contributed by atoms with Crippen LogP contribution in [0.25, 0.3) is 18.2 Å². The quantitative estimate of drug-likeness (QED) is 0.0135. The van der Waals surface area contributed by atoms with Crippen molar-refractivity contribution in [2.75, 3.05) is 0 Å². The maximum Gasteiger partial charge on any atom is 0.339 e. The normalized spacial score (nSPS) is 13.0. The van der Waals surface area contributed by atoms with Crippen LogP contribution >= 0.6 is 0 Å². The number of nitrogens with one attached hydrogen (secondary N) is 5. The summed E-state index contributed by atoms with van der Waals surface area (Å²) in [7, 11) is 0. The van der Waals surface area contributed by atoms with Crippen molar-refractivity contribution < 1.29 is 24.2 Å². The van der Waals surface area contributed by atoms with Crippen LogP contribution in [0.4, 0.5) is 0 Å². The lowest BCUT2D eigenvalue weighted by atomic mass is 10.0. The van der Waals surface area contributed by atoms with E-state index in [1.807, 2.05) is 109 Å². The van der Waals surface area contributed by atoms with E-state index in [-0.39, 0.29) is 31.6 Å². The smallest absolute Gasteiger partial charge is 0.339 e. The first kappa shape index (κ1) is 57.4. The van der Waals surface area contributed by atoms with E-state index in [0.717, 1.165) is 130 Å². The molecule has 3 aromatic rings. The van der Waals surface area contributed by atoms with Crippen LogP contribution in [0, 0.1) is 0 Å². The molecule has 0 heterocycles. The van der Waals surface area contributed by atoms with E-state index in [1.165, 1.54) is 0 Å². The lowest BCUT2D eigenvalue weighted by Gasteiger charge is -2.19. The number of guanidine groups is 1. The lowest BCUT2D eigenvalue weighted by molar-refractivity contribution is -0.490. The molecule has 0 radical (unpaired) electrons. The van der Waals surface area contributed by atoms with Gasteiger partial charge < -0.3 is 5.32 Å². The maximum atomic E-state index is 13.9. The molecule has 0 bridgehead atoms. The van der Waals surface area contributed by atoms with Crippen LogP contribution in [-0.4, -0.2) is 60.3 Å². The second-order valence-electron chi connectivity index (χ2n) is 17.4. The molecule has 70 heavy (non-hydrogen) atoms. The van der Waals surface area contributed by atoms with Gasteiger partial charge in [0.1, 0.15) is 6.04 Å². The molecule has 4 amide bonds. The zero-order valence-corrected chi connectivity index (χ0v) is 41.8. The van der Waals surface area contributed by atoms with Gasteiger partial charge in [0, 0.05) is 12.8 Å². The number of carbonyl (C=O) groups is 4. The minimum atomic E-state index is -1.22. The van der Waals surface area contributed by atoms with Crippen molar-refractivity contribution >= 4 is 66.5 Å². The molecule has 0 aliphatic carbocycles. The fourth-order valence-corrected chi connectivity index (χ4v) is 7.38. The highest BCUT2D eigenvalue weighted by atomic mass is 16.2. The molecule has 0 aromatic heterocycles. The van der Waals surface area contributed by atoms with Gasteiger partial charge in [-0.05, 0) is 84.8 Å². The van der Waals surface area contributed by atoms with Crippen LogP contribution in [0.3, 0.4) is 0 Å². The largest absolute Gasteiger partial charge is 0.341 e. The van der Waals surface area contributed by atoms with Gasteiger partial charge >= 0.3 is 5.96 Å². The highest BCUT2D eigenvalue weighted by molar-refractivity contribution is 5.92. The minimum Gasteiger partial charge on any atom is -0.341 e. The summed E-state index contributed by atoms with van der Waals surface area (Å²) in [5, 5.41) is 15.5. The second-order valence-corrected chi connectivity index (χ2v) is 17.4. The molecule has 14 nitrogen and oxygen atoms in total. The van der Waals surface area contributed by atoms with Crippen molar-refractivity contribution in [3.8, 4) is 0 Å². The van der Waals surface area contributed by atoms with E-state index in [0.29, 0.717) is 0 Å². The maximum absolute atomic E-state index is 13.9. The molecule has 3 aromatic carbocycles. The summed E-state index contributed by atoms with van der Waals surface area (Å²) < 4.78 is 0. The molecule has 0 fully saturated rings. The first-order valence-electron chi connectivity index (χ1n) is 25.3. The van der Waals surface area contributed by atoms with Gasteiger partial charge in [-0.2, -0.15) is 15.3 Å². The number of amides is 4. The zero-order chi connectivity index (χ0) is 50.4. The summed E-state index contributed by atoms with van der Waals surface area (Å²) in [5.74, 6) is -2.44. The summed E-state index contributed by atoms with van der Waals surface area (Å²) in [5.41, 5.74) is 25.3. The lowest BCUT2D eigenvalue weighted by Crippen LogP contribution is -2.87. The van der Waals surface area contributed by atoms with E-state index in [1.54, 1.807) is 18.6 Å². The number of rotatable bonds is 34. The number of allylic oxidation sites excluding steroid dienone is 3. The molecule has 0 saturated heterocycles. The molecule has 2 atom stereocenters. The van der Waals surface area contributed by atoms with Gasteiger partial charge in [-0.1, -0.05) is 188 Å². The summed E-state index contributed by atoms with van der Waals surface area (Å²) >= 11 is 0. The van der Waals surface area contributed by atoms with E-state index >= 15 is 0 Å². The molecule has 376 valence electrons. The molecule has 0 aliphatic heterocycles. The summed E-state index contributed by atoms with van der Waals surface area (Å²) in [6.45, 7) is 6.49. The Balaban J connectivity index is 1.77. The molecular formula is C56H79N10O4+. The van der Waals surface area contributed by atoms with E-state index in [2.05, 4.69) is 62.7 Å². The highest BCUT2D eigenvalue weighted by Gasteiger charge is 2.27. The van der Waals surface area contributed by atoms with Gasteiger partial charge in [0.25, 0.3) is 11.8 Å². The van der Waals surface area contributed by atoms with Gasteiger partial charge in [0.2, 0.25) is 11.8 Å². The van der Waals surface area contributed by atoms with Crippen LogP contribution in [0.2, 0.25) is 0 Å². The third kappa shape index (κ3) is 26.5. The molecule has 0 aliphatic rings. The zero-order valence-electron chi connectivity index (χ0n) is 41.8. The van der Waals surface area contributed by atoms with Gasteiger partial charge in [0.15, 0.2) is 6.04 Å². The average Bonchev–Trinajstić information content (AvgIpc) is 3.36. The molecule has 9 N–H and O–H groups in total. The van der Waals surface area contributed by atoms with Gasteiger partial charge in [-0.25, -0.2) is 16.3 Å². The summed E-state index contributed by atoms with van der Waals surface area (Å²) in [6, 6.07) is 27.4. The Morgan fingerprint density at radius 1 is 0.486 bits per heavy atom. The number of nitrogens with two attached hydrogens (primary N) is 2. The van der Waals surface area contributed by atoms with Crippen molar-refractivity contribution in [1.82, 2.24) is 21.6 Å². The van der Waals surface area contributed by atoms with Crippen molar-refractivity contribution in [1.29, 1.82) is 0 Å². The van der Waals surface area contributed by atoms with Gasteiger partial charge in [-0.3, -0.25) is 35.6 Å². The first-order valence-corrected chi connectivity index (χ1v) is 25.3. The van der Waals surface area contributed by atoms with E-state index < -0.39 is 35.7 Å². The van der Waals surface area contributed by atoms with Gasteiger partial charge in [-0.15, -0.1) is 0 Å². The fourth-order valence-electron chi connectivity index (χ4n) is 7.38. The Bertz CT molecular complexity index is 2200. The van der Waals surface area contributed by atoms with Crippen molar-refractivity contribution in [2.45, 2.75) is 155 Å². The Labute approximate surface area is 416 Å². The van der Waals surface area contributed by atoms with E-state index in [9.17, 15) is 19.2 Å². The monoisotopic (exact) mass is 956 g/mol. The highest BCUT2D eigenvalue weighted by Crippen LogP contribution is 2.16. The summed E-state index contributed by atoms with van der Waals surface area (Å²) in [6.07, 6.45) is 25.9. The molecule has 0 spiro atoms.